The van der Waals surface area contributed by atoms with Crippen LogP contribution < -0.4 is 5.73 Å². The van der Waals surface area contributed by atoms with Gasteiger partial charge in [0.25, 0.3) is 5.69 Å². The maximum atomic E-state index is 13.3. The van der Waals surface area contributed by atoms with Crippen molar-refractivity contribution >= 4 is 18.1 Å². The van der Waals surface area contributed by atoms with Crippen LogP contribution in [0.2, 0.25) is 0 Å². The Morgan fingerprint density at radius 3 is 2.42 bits per heavy atom. The first kappa shape index (κ1) is 17.6. The average Bonchev–Trinajstić information content (AvgIpc) is 2.25. The van der Waals surface area contributed by atoms with E-state index in [1.807, 2.05) is 0 Å². The molecule has 1 aromatic rings. The van der Waals surface area contributed by atoms with Gasteiger partial charge in [-0.15, -0.1) is 12.4 Å². The molecule has 1 atom stereocenters. The summed E-state index contributed by atoms with van der Waals surface area (Å²) in [6.45, 7) is 0. The lowest BCUT2D eigenvalue weighted by molar-refractivity contribution is -0.385. The number of nitrogens with two attached hydrogens (primary N) is 1. The Labute approximate surface area is 112 Å². The van der Waals surface area contributed by atoms with Gasteiger partial charge in [-0.25, -0.2) is 4.39 Å². The summed E-state index contributed by atoms with van der Waals surface area (Å²) in [5.74, 6) is -0.852. The van der Waals surface area contributed by atoms with Crippen molar-refractivity contribution in [2.24, 2.45) is 5.73 Å². The molecule has 108 valence electrons. The Hall–Kier alpha value is -1.41. The molecule has 0 fully saturated rings. The van der Waals surface area contributed by atoms with Crippen LogP contribution in [-0.2, 0) is 0 Å². The molecular weight excluding hydrogens is 292 g/mol. The highest BCUT2D eigenvalue weighted by atomic mass is 35.5. The molecule has 0 bridgehead atoms. The van der Waals surface area contributed by atoms with Gasteiger partial charge in [-0.05, 0) is 12.5 Å². The van der Waals surface area contributed by atoms with E-state index in [2.05, 4.69) is 0 Å². The fraction of sp³-hybridized carbons (Fsp3) is 0.400. The van der Waals surface area contributed by atoms with Crippen LogP contribution in [0.4, 0.5) is 23.2 Å². The lowest BCUT2D eigenvalue weighted by atomic mass is 10.0. The van der Waals surface area contributed by atoms with Gasteiger partial charge in [0.15, 0.2) is 0 Å². The standard InChI is InChI=1S/C10H10F4N2O2.ClH/c11-8-2-1-6(16(17)18)5-7(8)9(15)3-4-10(12,13)14;/h1-2,5,9H,3-4,15H2;1H/t9-;/m1./s1. The Morgan fingerprint density at radius 2 is 1.95 bits per heavy atom. The predicted molar refractivity (Wildman–Crippen MR) is 62.5 cm³/mol. The van der Waals surface area contributed by atoms with Gasteiger partial charge in [0, 0.05) is 30.2 Å². The average molecular weight is 303 g/mol. The molecule has 4 nitrogen and oxygen atoms in total. The smallest absolute Gasteiger partial charge is 0.324 e. The SMILES string of the molecule is Cl.N[C@H](CCC(F)(F)F)c1cc([N+](=O)[O-])ccc1F. The number of hydrogen-bond donors (Lipinski definition) is 1. The van der Waals surface area contributed by atoms with Gasteiger partial charge in [-0.3, -0.25) is 10.1 Å². The van der Waals surface area contributed by atoms with Crippen molar-refractivity contribution in [3.05, 3.63) is 39.7 Å². The largest absolute Gasteiger partial charge is 0.389 e. The zero-order chi connectivity index (χ0) is 13.9. The Kier molecular flexibility index (Phi) is 6.17. The van der Waals surface area contributed by atoms with Crippen LogP contribution in [0.15, 0.2) is 18.2 Å². The second-order valence-electron chi connectivity index (χ2n) is 3.72. The molecule has 0 unspecified atom stereocenters. The molecule has 9 heteroatoms. The summed E-state index contributed by atoms with van der Waals surface area (Å²) in [4.78, 5) is 9.70. The zero-order valence-electron chi connectivity index (χ0n) is 9.48. The van der Waals surface area contributed by atoms with Crippen molar-refractivity contribution in [3.63, 3.8) is 0 Å². The topological polar surface area (TPSA) is 69.2 Å². The fourth-order valence-electron chi connectivity index (χ4n) is 1.40. The van der Waals surface area contributed by atoms with Crippen molar-refractivity contribution in [1.29, 1.82) is 0 Å². The molecule has 0 aliphatic carbocycles. The molecule has 2 N–H and O–H groups in total. The van der Waals surface area contributed by atoms with E-state index in [1.54, 1.807) is 0 Å². The molecule has 0 heterocycles. The summed E-state index contributed by atoms with van der Waals surface area (Å²) >= 11 is 0. The minimum Gasteiger partial charge on any atom is -0.324 e. The molecule has 0 aliphatic heterocycles. The molecule has 0 amide bonds. The Bertz CT molecular complexity index is 454. The van der Waals surface area contributed by atoms with Crippen molar-refractivity contribution in [2.45, 2.75) is 25.1 Å². The Morgan fingerprint density at radius 1 is 1.37 bits per heavy atom. The van der Waals surface area contributed by atoms with E-state index in [0.717, 1.165) is 18.2 Å². The van der Waals surface area contributed by atoms with Gasteiger partial charge < -0.3 is 5.73 Å². The molecule has 0 radical (unpaired) electrons. The van der Waals surface area contributed by atoms with Crippen molar-refractivity contribution in [1.82, 2.24) is 0 Å². The summed E-state index contributed by atoms with van der Waals surface area (Å²) in [5.41, 5.74) is 4.72. The summed E-state index contributed by atoms with van der Waals surface area (Å²) in [5, 5.41) is 10.5. The minimum atomic E-state index is -4.39. The number of benzene rings is 1. The Balaban J connectivity index is 0.00000324. The van der Waals surface area contributed by atoms with Crippen LogP contribution in [0.3, 0.4) is 0 Å². The molecule has 0 aromatic heterocycles. The lowest BCUT2D eigenvalue weighted by Crippen LogP contribution is -2.17. The number of halogens is 5. The summed E-state index contributed by atoms with van der Waals surface area (Å²) in [6, 6.07) is 1.37. The maximum Gasteiger partial charge on any atom is 0.389 e. The molecular formula is C10H11ClF4N2O2. The van der Waals surface area contributed by atoms with Crippen molar-refractivity contribution in [2.75, 3.05) is 0 Å². The first-order valence-electron chi connectivity index (χ1n) is 4.97. The quantitative estimate of drug-likeness (QED) is 0.526. The first-order valence-corrected chi connectivity index (χ1v) is 4.97. The van der Waals surface area contributed by atoms with E-state index < -0.39 is 41.5 Å². The first-order chi connectivity index (χ1) is 8.20. The minimum absolute atomic E-state index is 0. The summed E-state index contributed by atoms with van der Waals surface area (Å²) in [7, 11) is 0. The van der Waals surface area contributed by atoms with Crippen LogP contribution in [0.5, 0.6) is 0 Å². The van der Waals surface area contributed by atoms with Gasteiger partial charge in [-0.1, -0.05) is 0 Å². The van der Waals surface area contributed by atoms with Crippen LogP contribution in [-0.4, -0.2) is 11.1 Å². The number of non-ortho nitro benzene ring substituents is 1. The number of alkyl halides is 3. The second kappa shape index (κ2) is 6.67. The lowest BCUT2D eigenvalue weighted by Gasteiger charge is -2.14. The van der Waals surface area contributed by atoms with Gasteiger partial charge in [0.05, 0.1) is 4.92 Å². The molecule has 0 spiro atoms. The van der Waals surface area contributed by atoms with Crippen LogP contribution >= 0.6 is 12.4 Å². The molecule has 0 saturated carbocycles. The molecule has 0 saturated heterocycles. The van der Waals surface area contributed by atoms with Crippen LogP contribution in [0.25, 0.3) is 0 Å². The zero-order valence-corrected chi connectivity index (χ0v) is 10.3. The number of rotatable bonds is 4. The van der Waals surface area contributed by atoms with Gasteiger partial charge in [0.1, 0.15) is 5.82 Å². The van der Waals surface area contributed by atoms with Gasteiger partial charge in [0.2, 0.25) is 0 Å². The number of nitro benzene ring substituents is 1. The highest BCUT2D eigenvalue weighted by molar-refractivity contribution is 5.85. The molecule has 1 rings (SSSR count). The summed E-state index contributed by atoms with van der Waals surface area (Å²) < 4.78 is 49.3. The van der Waals surface area contributed by atoms with E-state index in [1.165, 1.54) is 0 Å². The van der Waals surface area contributed by atoms with Gasteiger partial charge >= 0.3 is 6.18 Å². The van der Waals surface area contributed by atoms with Crippen molar-refractivity contribution in [3.8, 4) is 0 Å². The number of nitrogens with zero attached hydrogens (tertiary/aromatic N) is 1. The molecule has 19 heavy (non-hydrogen) atoms. The monoisotopic (exact) mass is 302 g/mol. The highest BCUT2D eigenvalue weighted by Gasteiger charge is 2.28. The fourth-order valence-corrected chi connectivity index (χ4v) is 1.40. The van der Waals surface area contributed by atoms with E-state index in [0.29, 0.717) is 0 Å². The van der Waals surface area contributed by atoms with Crippen molar-refractivity contribution < 1.29 is 22.5 Å². The van der Waals surface area contributed by atoms with Crippen LogP contribution in [0, 0.1) is 15.9 Å². The number of nitro groups is 1. The predicted octanol–water partition coefficient (Wildman–Crippen LogP) is 3.50. The normalized spacial score (nSPS) is 12.7. The van der Waals surface area contributed by atoms with E-state index in [9.17, 15) is 27.7 Å². The molecule has 1 aromatic carbocycles. The third-order valence-electron chi connectivity index (χ3n) is 2.33. The third kappa shape index (κ3) is 5.39. The van der Waals surface area contributed by atoms with E-state index in [4.69, 9.17) is 5.73 Å². The third-order valence-corrected chi connectivity index (χ3v) is 2.33. The van der Waals surface area contributed by atoms with E-state index >= 15 is 0 Å². The summed E-state index contributed by atoms with van der Waals surface area (Å²) in [6.07, 6.45) is -6.09. The second-order valence-corrected chi connectivity index (χ2v) is 3.72. The molecule has 0 aliphatic rings. The highest BCUT2D eigenvalue weighted by Crippen LogP contribution is 2.29. The number of hydrogen-bond acceptors (Lipinski definition) is 3. The van der Waals surface area contributed by atoms with E-state index in [-0.39, 0.29) is 18.0 Å². The van der Waals surface area contributed by atoms with Crippen LogP contribution in [0.1, 0.15) is 24.4 Å². The van der Waals surface area contributed by atoms with Gasteiger partial charge in [-0.2, -0.15) is 13.2 Å². The maximum absolute atomic E-state index is 13.3.